The van der Waals surface area contributed by atoms with Crippen LogP contribution in [0.4, 0.5) is 0 Å². The number of hydrogen-bond acceptors (Lipinski definition) is 4. The Balaban J connectivity index is 0.000000252. The lowest BCUT2D eigenvalue weighted by Crippen LogP contribution is -2.04. The Morgan fingerprint density at radius 1 is 1.69 bits per heavy atom. The number of carbonyl (C=O) groups is 1. The first-order valence-corrected chi connectivity index (χ1v) is 5.24. The minimum atomic E-state index is -3.10. The van der Waals surface area contributed by atoms with E-state index in [0.29, 0.717) is 6.61 Å². The van der Waals surface area contributed by atoms with Gasteiger partial charge in [-0.3, -0.25) is 8.98 Å². The second-order valence-electron chi connectivity index (χ2n) is 2.72. The zero-order chi connectivity index (χ0) is 10.5. The Kier molecular flexibility index (Phi) is 4.64. The zero-order valence-corrected chi connectivity index (χ0v) is 8.21. The van der Waals surface area contributed by atoms with Crippen LogP contribution >= 0.6 is 0 Å². The molecule has 76 valence electrons. The highest BCUT2D eigenvalue weighted by atomic mass is 32.2. The van der Waals surface area contributed by atoms with E-state index in [2.05, 4.69) is 16.5 Å². The van der Waals surface area contributed by atoms with Gasteiger partial charge in [0.2, 0.25) is 5.91 Å². The van der Waals surface area contributed by atoms with Crippen molar-refractivity contribution in [2.24, 2.45) is 11.7 Å². The maximum atomic E-state index is 10.4. The fourth-order valence-corrected chi connectivity index (χ4v) is 1.99. The lowest BCUT2D eigenvalue weighted by atomic mass is 10.2. The van der Waals surface area contributed by atoms with Crippen LogP contribution in [-0.4, -0.2) is 26.7 Å². The minimum Gasteiger partial charge on any atom is -0.366 e. The zero-order valence-electron chi connectivity index (χ0n) is 7.39. The van der Waals surface area contributed by atoms with Gasteiger partial charge in [-0.05, 0) is 12.0 Å². The van der Waals surface area contributed by atoms with Crippen molar-refractivity contribution >= 4 is 16.0 Å². The second-order valence-corrected chi connectivity index (χ2v) is 4.40. The first kappa shape index (κ1) is 12.1. The van der Waals surface area contributed by atoms with E-state index < -0.39 is 16.0 Å². The normalized spacial score (nSPS) is 24.2. The molecule has 0 aromatic heterocycles. The molecule has 0 aromatic carbocycles. The average molecular weight is 207 g/mol. The van der Waals surface area contributed by atoms with Crippen LogP contribution in [0, 0.1) is 5.92 Å². The third kappa shape index (κ3) is 6.30. The summed E-state index contributed by atoms with van der Waals surface area (Å²) in [6.07, 6.45) is 1.06. The first-order valence-electron chi connectivity index (χ1n) is 3.66. The summed E-state index contributed by atoms with van der Waals surface area (Å²) in [5.41, 5.74) is 4.53. The third-order valence-corrected chi connectivity index (χ3v) is 2.69. The molecule has 0 radical (unpaired) electrons. The van der Waals surface area contributed by atoms with Crippen molar-refractivity contribution in [3.8, 4) is 0 Å². The topological polar surface area (TPSA) is 86.5 Å². The molecule has 13 heavy (non-hydrogen) atoms. The summed E-state index contributed by atoms with van der Waals surface area (Å²) in [7, 11) is -3.10. The van der Waals surface area contributed by atoms with Crippen molar-refractivity contribution in [3.05, 3.63) is 12.7 Å². The van der Waals surface area contributed by atoms with Crippen LogP contribution in [0.5, 0.6) is 0 Å². The molecular formula is C7H13NO4S. The van der Waals surface area contributed by atoms with E-state index in [1.165, 1.54) is 0 Å². The van der Waals surface area contributed by atoms with Crippen molar-refractivity contribution in [2.45, 2.75) is 6.92 Å². The van der Waals surface area contributed by atoms with Gasteiger partial charge < -0.3 is 5.73 Å². The van der Waals surface area contributed by atoms with Crippen LogP contribution in [0.3, 0.4) is 0 Å². The summed E-state index contributed by atoms with van der Waals surface area (Å²) in [4.78, 5) is 9.47. The standard InChI is InChI=1S/C4H8O3S.C3H5NO/c1-4-2-7-8(5,6)3-4;1-2-3(4)5/h4H,2-3H2,1H3;2H,1H2,(H2,4,5). The van der Waals surface area contributed by atoms with Crippen LogP contribution in [-0.2, 0) is 19.1 Å². The van der Waals surface area contributed by atoms with Crippen LogP contribution in [0.1, 0.15) is 6.92 Å². The Morgan fingerprint density at radius 3 is 2.23 bits per heavy atom. The predicted octanol–water partition coefficient (Wildman–Crippen LogP) is -0.360. The summed E-state index contributed by atoms with van der Waals surface area (Å²) in [6, 6.07) is 0. The van der Waals surface area contributed by atoms with Crippen LogP contribution < -0.4 is 5.73 Å². The van der Waals surface area contributed by atoms with Gasteiger partial charge in [0, 0.05) is 0 Å². The van der Waals surface area contributed by atoms with E-state index >= 15 is 0 Å². The Labute approximate surface area is 77.7 Å². The van der Waals surface area contributed by atoms with E-state index in [0.717, 1.165) is 6.08 Å². The van der Waals surface area contributed by atoms with Crippen molar-refractivity contribution in [1.29, 1.82) is 0 Å². The highest BCUT2D eigenvalue weighted by molar-refractivity contribution is 7.86. The lowest BCUT2D eigenvalue weighted by molar-refractivity contribution is -0.113. The number of nitrogens with two attached hydrogens (primary N) is 1. The van der Waals surface area contributed by atoms with Crippen molar-refractivity contribution in [2.75, 3.05) is 12.4 Å². The Bertz CT molecular complexity index is 283. The van der Waals surface area contributed by atoms with Gasteiger partial charge in [0.25, 0.3) is 10.1 Å². The van der Waals surface area contributed by atoms with Crippen molar-refractivity contribution in [3.63, 3.8) is 0 Å². The minimum absolute atomic E-state index is 0.181. The predicted molar refractivity (Wildman–Crippen MR) is 48.3 cm³/mol. The van der Waals surface area contributed by atoms with E-state index in [9.17, 15) is 13.2 Å². The maximum Gasteiger partial charge on any atom is 0.267 e. The highest BCUT2D eigenvalue weighted by Gasteiger charge is 2.24. The molecule has 2 N–H and O–H groups in total. The molecule has 1 heterocycles. The number of amides is 1. The number of carbonyl (C=O) groups excluding carboxylic acids is 1. The molecule has 1 amide bonds. The molecule has 1 aliphatic rings. The second kappa shape index (κ2) is 4.98. The molecule has 0 spiro atoms. The molecule has 1 fully saturated rings. The number of hydrogen-bond donors (Lipinski definition) is 1. The number of primary amides is 1. The van der Waals surface area contributed by atoms with Gasteiger partial charge in [-0.25, -0.2) is 0 Å². The smallest absolute Gasteiger partial charge is 0.267 e. The van der Waals surface area contributed by atoms with E-state index in [1.807, 2.05) is 6.92 Å². The van der Waals surface area contributed by atoms with Gasteiger partial charge in [-0.1, -0.05) is 13.5 Å². The molecule has 0 aliphatic carbocycles. The molecule has 1 atom stereocenters. The van der Waals surface area contributed by atoms with Crippen LogP contribution in [0.15, 0.2) is 12.7 Å². The molecule has 0 bridgehead atoms. The molecule has 0 saturated carbocycles. The van der Waals surface area contributed by atoms with Gasteiger partial charge in [-0.2, -0.15) is 8.42 Å². The van der Waals surface area contributed by atoms with Gasteiger partial charge >= 0.3 is 0 Å². The van der Waals surface area contributed by atoms with E-state index in [4.69, 9.17) is 0 Å². The van der Waals surface area contributed by atoms with Crippen LogP contribution in [0.2, 0.25) is 0 Å². The first-order chi connectivity index (χ1) is 5.87. The third-order valence-electron chi connectivity index (χ3n) is 1.22. The average Bonchev–Trinajstić information content (AvgIpc) is 2.30. The van der Waals surface area contributed by atoms with Gasteiger partial charge in [0.15, 0.2) is 0 Å². The lowest BCUT2D eigenvalue weighted by Gasteiger charge is -1.86. The van der Waals surface area contributed by atoms with Gasteiger partial charge in [0.05, 0.1) is 12.4 Å². The molecule has 1 unspecified atom stereocenters. The van der Waals surface area contributed by atoms with E-state index in [1.54, 1.807) is 0 Å². The Hall–Kier alpha value is -0.880. The molecule has 0 aromatic rings. The van der Waals surface area contributed by atoms with Gasteiger partial charge in [0.1, 0.15) is 0 Å². The van der Waals surface area contributed by atoms with Gasteiger partial charge in [-0.15, -0.1) is 0 Å². The SMILES string of the molecule is C=CC(N)=O.CC1COS(=O)(=O)C1. The van der Waals surface area contributed by atoms with Crippen molar-refractivity contribution < 1.29 is 17.4 Å². The number of rotatable bonds is 1. The van der Waals surface area contributed by atoms with E-state index in [-0.39, 0.29) is 11.7 Å². The summed E-state index contributed by atoms with van der Waals surface area (Å²) in [6.45, 7) is 5.30. The summed E-state index contributed by atoms with van der Waals surface area (Å²) < 4.78 is 25.3. The highest BCUT2D eigenvalue weighted by Crippen LogP contribution is 2.12. The molecule has 6 heteroatoms. The quantitative estimate of drug-likeness (QED) is 0.470. The molecule has 1 saturated heterocycles. The molecule has 1 aliphatic heterocycles. The fourth-order valence-electron chi connectivity index (χ4n) is 0.665. The fraction of sp³-hybridized carbons (Fsp3) is 0.571. The van der Waals surface area contributed by atoms with Crippen molar-refractivity contribution in [1.82, 2.24) is 0 Å². The largest absolute Gasteiger partial charge is 0.366 e. The monoisotopic (exact) mass is 207 g/mol. The van der Waals surface area contributed by atoms with Crippen LogP contribution in [0.25, 0.3) is 0 Å². The summed E-state index contributed by atoms with van der Waals surface area (Å²) in [5, 5.41) is 0. The molecule has 1 rings (SSSR count). The summed E-state index contributed by atoms with van der Waals surface area (Å²) >= 11 is 0. The Morgan fingerprint density at radius 2 is 2.15 bits per heavy atom. The molecular weight excluding hydrogens is 194 g/mol. The molecule has 5 nitrogen and oxygen atoms in total. The summed E-state index contributed by atoms with van der Waals surface area (Å²) in [5.74, 6) is -0.113. The maximum absolute atomic E-state index is 10.4.